The number of rotatable bonds is 5. The maximum absolute atomic E-state index is 5.16. The molecule has 0 amide bonds. The summed E-state index contributed by atoms with van der Waals surface area (Å²) in [5, 5.41) is 3.77. The van der Waals surface area contributed by atoms with Gasteiger partial charge in [-0.25, -0.2) is 4.98 Å². The molecular weight excluding hydrogens is 396 g/mol. The molecular formula is C26H38N6. The average Bonchev–Trinajstić information content (AvgIpc) is 3.22. The summed E-state index contributed by atoms with van der Waals surface area (Å²) in [5.74, 6) is 2.09. The van der Waals surface area contributed by atoms with E-state index >= 15 is 0 Å². The van der Waals surface area contributed by atoms with Gasteiger partial charge in [-0.1, -0.05) is 25.3 Å². The highest BCUT2D eigenvalue weighted by molar-refractivity contribution is 5.54. The van der Waals surface area contributed by atoms with Crippen LogP contribution >= 0.6 is 0 Å². The summed E-state index contributed by atoms with van der Waals surface area (Å²) in [6.07, 6.45) is 15.6. The van der Waals surface area contributed by atoms with E-state index < -0.39 is 0 Å². The lowest BCUT2D eigenvalue weighted by Crippen LogP contribution is -2.36. The maximum atomic E-state index is 5.16. The topological polar surface area (TPSA) is 57.2 Å². The van der Waals surface area contributed by atoms with Gasteiger partial charge in [0.25, 0.3) is 0 Å². The maximum Gasteiger partial charge on any atom is 0.225 e. The minimum Gasteiger partial charge on any atom is -0.356 e. The third-order valence-corrected chi connectivity index (χ3v) is 7.27. The molecule has 1 N–H and O–H groups in total. The monoisotopic (exact) mass is 434 g/mol. The van der Waals surface area contributed by atoms with Crippen LogP contribution < -0.4 is 10.2 Å². The van der Waals surface area contributed by atoms with Crippen LogP contribution in [-0.4, -0.2) is 52.1 Å². The van der Waals surface area contributed by atoms with Gasteiger partial charge in [-0.3, -0.25) is 9.88 Å². The minimum atomic E-state index is 0.389. The van der Waals surface area contributed by atoms with Crippen LogP contribution in [0.5, 0.6) is 0 Å². The molecule has 2 aromatic heterocycles. The first-order valence-electron chi connectivity index (χ1n) is 12.9. The molecule has 32 heavy (non-hydrogen) atoms. The standard InChI is InChI=1S/C26H38N6/c1-2-9-18-32(17-8-1)25-23-13-3-4-14-24(23)29-26(30-25)28-22-12-6-10-16-31(20-22)19-21-11-5-7-15-27-21/h5,7,11,15,22H,1-4,6,8-10,12-14,16-20H2,(H,28,29,30)/t22-/m0/s1. The third kappa shape index (κ3) is 5.40. The molecule has 3 aliphatic rings. The van der Waals surface area contributed by atoms with E-state index in [1.165, 1.54) is 74.9 Å². The quantitative estimate of drug-likeness (QED) is 0.742. The van der Waals surface area contributed by atoms with Crippen molar-refractivity contribution in [2.45, 2.75) is 83.2 Å². The molecule has 2 aromatic rings. The number of nitrogens with one attached hydrogen (secondary N) is 1. The molecule has 172 valence electrons. The molecule has 0 radical (unpaired) electrons. The van der Waals surface area contributed by atoms with Crippen LogP contribution in [0.2, 0.25) is 0 Å². The van der Waals surface area contributed by atoms with Crippen LogP contribution in [0, 0.1) is 0 Å². The second-order valence-electron chi connectivity index (χ2n) is 9.80. The molecule has 1 aliphatic carbocycles. The number of hydrogen-bond acceptors (Lipinski definition) is 6. The van der Waals surface area contributed by atoms with E-state index in [4.69, 9.17) is 9.97 Å². The molecule has 0 aromatic carbocycles. The lowest BCUT2D eigenvalue weighted by Gasteiger charge is -2.29. The van der Waals surface area contributed by atoms with Crippen LogP contribution in [0.4, 0.5) is 11.8 Å². The molecule has 0 spiro atoms. The lowest BCUT2D eigenvalue weighted by molar-refractivity contribution is 0.266. The molecule has 6 heteroatoms. The van der Waals surface area contributed by atoms with Gasteiger partial charge in [0.2, 0.25) is 5.95 Å². The first-order chi connectivity index (χ1) is 15.8. The van der Waals surface area contributed by atoms with E-state index in [2.05, 4.69) is 32.2 Å². The molecule has 0 saturated carbocycles. The Kier molecular flexibility index (Phi) is 7.17. The van der Waals surface area contributed by atoms with Gasteiger partial charge in [0.05, 0.1) is 11.4 Å². The van der Waals surface area contributed by atoms with Gasteiger partial charge in [0.1, 0.15) is 5.82 Å². The van der Waals surface area contributed by atoms with Crippen LogP contribution in [0.25, 0.3) is 0 Å². The first-order valence-corrected chi connectivity index (χ1v) is 12.9. The van der Waals surface area contributed by atoms with E-state index in [9.17, 15) is 0 Å². The van der Waals surface area contributed by atoms with Gasteiger partial charge in [0, 0.05) is 44.0 Å². The third-order valence-electron chi connectivity index (χ3n) is 7.27. The number of fused-ring (bicyclic) bond motifs is 1. The minimum absolute atomic E-state index is 0.389. The Morgan fingerprint density at radius 1 is 0.875 bits per heavy atom. The summed E-state index contributed by atoms with van der Waals surface area (Å²) in [5.41, 5.74) is 3.88. The lowest BCUT2D eigenvalue weighted by atomic mass is 9.96. The smallest absolute Gasteiger partial charge is 0.225 e. The van der Waals surface area contributed by atoms with Crippen LogP contribution in [-0.2, 0) is 19.4 Å². The van der Waals surface area contributed by atoms with Crippen molar-refractivity contribution in [2.75, 3.05) is 36.4 Å². The Bertz CT molecular complexity index is 862. The Balaban J connectivity index is 1.33. The highest BCUT2D eigenvalue weighted by Crippen LogP contribution is 2.31. The van der Waals surface area contributed by atoms with Gasteiger partial charge < -0.3 is 10.2 Å². The van der Waals surface area contributed by atoms with Gasteiger partial charge in [-0.2, -0.15) is 4.98 Å². The number of nitrogens with zero attached hydrogens (tertiary/aromatic N) is 5. The van der Waals surface area contributed by atoms with Gasteiger partial charge >= 0.3 is 0 Å². The van der Waals surface area contributed by atoms with Crippen LogP contribution in [0.15, 0.2) is 24.4 Å². The Hall–Kier alpha value is -2.21. The fourth-order valence-corrected chi connectivity index (χ4v) is 5.57. The average molecular weight is 435 g/mol. The molecule has 0 bridgehead atoms. The van der Waals surface area contributed by atoms with Gasteiger partial charge in [-0.05, 0) is 70.0 Å². The van der Waals surface area contributed by atoms with Crippen LogP contribution in [0.3, 0.4) is 0 Å². The zero-order valence-electron chi connectivity index (χ0n) is 19.4. The number of hydrogen-bond donors (Lipinski definition) is 1. The molecule has 2 aliphatic heterocycles. The number of anilines is 2. The molecule has 1 atom stereocenters. The van der Waals surface area contributed by atoms with Gasteiger partial charge in [-0.15, -0.1) is 0 Å². The van der Waals surface area contributed by atoms with Crippen molar-refractivity contribution in [3.05, 3.63) is 41.3 Å². The fraction of sp³-hybridized carbons (Fsp3) is 0.654. The van der Waals surface area contributed by atoms with E-state index in [-0.39, 0.29) is 0 Å². The summed E-state index contributed by atoms with van der Waals surface area (Å²) in [6.45, 7) is 5.37. The summed E-state index contributed by atoms with van der Waals surface area (Å²) < 4.78 is 0. The van der Waals surface area contributed by atoms with Crippen molar-refractivity contribution in [1.82, 2.24) is 19.9 Å². The number of likely N-dealkylation sites (tertiary alicyclic amines) is 1. The van der Waals surface area contributed by atoms with E-state index in [0.717, 1.165) is 57.2 Å². The number of aromatic nitrogens is 3. The summed E-state index contributed by atoms with van der Waals surface area (Å²) in [6, 6.07) is 6.60. The molecule has 2 saturated heterocycles. The molecule has 2 fully saturated rings. The Morgan fingerprint density at radius 3 is 2.56 bits per heavy atom. The Labute approximate surface area is 192 Å². The first kappa shape index (κ1) is 21.6. The Morgan fingerprint density at radius 2 is 1.72 bits per heavy atom. The number of pyridine rings is 1. The zero-order chi connectivity index (χ0) is 21.6. The normalized spacial score (nSPS) is 22.6. The van der Waals surface area contributed by atoms with Crippen molar-refractivity contribution in [2.24, 2.45) is 0 Å². The van der Waals surface area contributed by atoms with Crippen molar-refractivity contribution in [1.29, 1.82) is 0 Å². The zero-order valence-corrected chi connectivity index (χ0v) is 19.4. The molecule has 0 unspecified atom stereocenters. The SMILES string of the molecule is c1ccc(CN2CCCC[C@H](Nc3nc4c(c(N5CCCCCC5)n3)CCCC4)C2)nc1. The van der Waals surface area contributed by atoms with Crippen molar-refractivity contribution < 1.29 is 0 Å². The molecule has 5 rings (SSSR count). The largest absolute Gasteiger partial charge is 0.356 e. The number of aryl methyl sites for hydroxylation is 1. The predicted octanol–water partition coefficient (Wildman–Crippen LogP) is 4.60. The van der Waals surface area contributed by atoms with Crippen molar-refractivity contribution >= 4 is 11.8 Å². The van der Waals surface area contributed by atoms with E-state index in [1.54, 1.807) is 0 Å². The van der Waals surface area contributed by atoms with Crippen LogP contribution in [0.1, 0.15) is 74.7 Å². The van der Waals surface area contributed by atoms with Crippen molar-refractivity contribution in [3.63, 3.8) is 0 Å². The van der Waals surface area contributed by atoms with E-state index in [0.29, 0.717) is 6.04 Å². The summed E-state index contributed by atoms with van der Waals surface area (Å²) >= 11 is 0. The second-order valence-corrected chi connectivity index (χ2v) is 9.80. The molecule has 6 nitrogen and oxygen atoms in total. The summed E-state index contributed by atoms with van der Waals surface area (Å²) in [4.78, 5) is 19.8. The predicted molar refractivity (Wildman–Crippen MR) is 130 cm³/mol. The highest BCUT2D eigenvalue weighted by atomic mass is 15.2. The van der Waals surface area contributed by atoms with E-state index in [1.807, 2.05) is 12.3 Å². The van der Waals surface area contributed by atoms with Crippen molar-refractivity contribution in [3.8, 4) is 0 Å². The summed E-state index contributed by atoms with van der Waals surface area (Å²) in [7, 11) is 0. The highest BCUT2D eigenvalue weighted by Gasteiger charge is 2.24. The van der Waals surface area contributed by atoms with Gasteiger partial charge in [0.15, 0.2) is 0 Å². The molecule has 4 heterocycles. The fourth-order valence-electron chi connectivity index (χ4n) is 5.57. The second kappa shape index (κ2) is 10.6.